The molecule has 0 N–H and O–H groups in total. The molecule has 1 aliphatic heterocycles. The fourth-order valence-electron chi connectivity index (χ4n) is 3.37. The Morgan fingerprint density at radius 3 is 2.67 bits per heavy atom. The van der Waals surface area contributed by atoms with Crippen LogP contribution in [0.3, 0.4) is 0 Å². The monoisotopic (exact) mass is 359 g/mol. The van der Waals surface area contributed by atoms with Crippen molar-refractivity contribution in [2.75, 3.05) is 31.1 Å². The number of piperazine rings is 1. The van der Waals surface area contributed by atoms with Gasteiger partial charge < -0.3 is 9.80 Å². The Morgan fingerprint density at radius 2 is 1.78 bits per heavy atom. The Bertz CT molecular complexity index is 1130. The van der Waals surface area contributed by atoms with Gasteiger partial charge in [0, 0.05) is 31.6 Å². The number of rotatable bonds is 2. The maximum absolute atomic E-state index is 12.8. The maximum Gasteiger partial charge on any atom is 0.272 e. The van der Waals surface area contributed by atoms with E-state index >= 15 is 0 Å². The second-order valence-electron chi connectivity index (χ2n) is 6.49. The number of hydrogen-bond acceptors (Lipinski definition) is 6. The molecule has 1 amide bonds. The Labute approximate surface area is 155 Å². The summed E-state index contributed by atoms with van der Waals surface area (Å²) in [5.41, 5.74) is 2.05. The first kappa shape index (κ1) is 15.7. The summed E-state index contributed by atoms with van der Waals surface area (Å²) < 4.78 is 1.66. The van der Waals surface area contributed by atoms with Gasteiger partial charge in [-0.1, -0.05) is 24.3 Å². The molecule has 0 bridgehead atoms. The number of hydrogen-bond donors (Lipinski definition) is 0. The topological polar surface area (TPSA) is 79.5 Å². The first-order valence-electron chi connectivity index (χ1n) is 8.85. The van der Waals surface area contributed by atoms with Gasteiger partial charge in [-0.3, -0.25) is 4.79 Å². The van der Waals surface area contributed by atoms with Crippen LogP contribution in [0.25, 0.3) is 16.6 Å². The van der Waals surface area contributed by atoms with Gasteiger partial charge >= 0.3 is 0 Å². The van der Waals surface area contributed by atoms with E-state index in [9.17, 15) is 4.79 Å². The zero-order chi connectivity index (χ0) is 18.2. The zero-order valence-corrected chi connectivity index (χ0v) is 14.6. The van der Waals surface area contributed by atoms with E-state index in [0.717, 1.165) is 35.5 Å². The van der Waals surface area contributed by atoms with Crippen LogP contribution in [0.15, 0.2) is 54.9 Å². The molecule has 8 heteroatoms. The number of carbonyl (C=O) groups excluding carboxylic acids is 1. The van der Waals surface area contributed by atoms with Gasteiger partial charge in [0.25, 0.3) is 5.91 Å². The molecule has 27 heavy (non-hydrogen) atoms. The number of nitrogens with zero attached hydrogens (tertiary/aromatic N) is 7. The van der Waals surface area contributed by atoms with E-state index in [1.165, 1.54) is 0 Å². The van der Waals surface area contributed by atoms with E-state index in [1.54, 1.807) is 16.9 Å². The minimum Gasteiger partial charge on any atom is -0.352 e. The molecule has 134 valence electrons. The van der Waals surface area contributed by atoms with Crippen LogP contribution in [0.1, 0.15) is 10.5 Å². The average Bonchev–Trinajstić information content (AvgIpc) is 3.21. The van der Waals surface area contributed by atoms with Crippen molar-refractivity contribution in [2.24, 2.45) is 0 Å². The van der Waals surface area contributed by atoms with Gasteiger partial charge in [-0.2, -0.15) is 4.52 Å². The van der Waals surface area contributed by atoms with Crippen LogP contribution in [0.2, 0.25) is 0 Å². The van der Waals surface area contributed by atoms with Gasteiger partial charge in [-0.15, -0.1) is 15.3 Å². The molecule has 1 fully saturated rings. The normalized spacial score (nSPS) is 14.8. The fraction of sp³-hybridized carbons (Fsp3) is 0.211. The zero-order valence-electron chi connectivity index (χ0n) is 14.6. The fourth-order valence-corrected chi connectivity index (χ4v) is 3.37. The number of aromatic nitrogens is 5. The average molecular weight is 359 g/mol. The van der Waals surface area contributed by atoms with Crippen molar-refractivity contribution in [1.82, 2.24) is 29.7 Å². The molecule has 0 spiro atoms. The minimum atomic E-state index is -0.0253. The molecular formula is C19H17N7O. The number of fused-ring (bicyclic) bond motifs is 2. The van der Waals surface area contributed by atoms with E-state index in [1.807, 2.05) is 47.4 Å². The van der Waals surface area contributed by atoms with Crippen molar-refractivity contribution in [3.63, 3.8) is 0 Å². The third kappa shape index (κ3) is 2.84. The Kier molecular flexibility index (Phi) is 3.67. The number of anilines is 1. The molecule has 1 aliphatic rings. The summed E-state index contributed by atoms with van der Waals surface area (Å²) in [4.78, 5) is 21.4. The van der Waals surface area contributed by atoms with Crippen molar-refractivity contribution in [3.05, 3.63) is 60.6 Å². The van der Waals surface area contributed by atoms with E-state index in [2.05, 4.69) is 25.2 Å². The van der Waals surface area contributed by atoms with Gasteiger partial charge in [-0.25, -0.2) is 4.98 Å². The molecular weight excluding hydrogens is 342 g/mol. The number of carbonyl (C=O) groups is 1. The van der Waals surface area contributed by atoms with Gasteiger partial charge in [-0.05, 0) is 24.3 Å². The highest BCUT2D eigenvalue weighted by molar-refractivity contribution is 5.95. The van der Waals surface area contributed by atoms with Crippen molar-refractivity contribution < 1.29 is 4.79 Å². The van der Waals surface area contributed by atoms with Gasteiger partial charge in [0.05, 0.1) is 5.52 Å². The third-order valence-corrected chi connectivity index (χ3v) is 4.86. The summed E-state index contributed by atoms with van der Waals surface area (Å²) in [6.45, 7) is 2.71. The lowest BCUT2D eigenvalue weighted by molar-refractivity contribution is 0.0741. The van der Waals surface area contributed by atoms with E-state index in [-0.39, 0.29) is 5.91 Å². The van der Waals surface area contributed by atoms with Crippen LogP contribution < -0.4 is 4.90 Å². The van der Waals surface area contributed by atoms with Crippen molar-refractivity contribution in [2.45, 2.75) is 0 Å². The molecule has 4 heterocycles. The molecule has 0 aliphatic carbocycles. The first-order chi connectivity index (χ1) is 13.3. The SMILES string of the molecule is O=C(c1ccc2ccccc2n1)N1CCN(c2ccc3nncn3n2)CC1. The predicted molar refractivity (Wildman–Crippen MR) is 101 cm³/mol. The number of para-hydroxylation sites is 1. The lowest BCUT2D eigenvalue weighted by Gasteiger charge is -2.35. The predicted octanol–water partition coefficient (Wildman–Crippen LogP) is 1.63. The highest BCUT2D eigenvalue weighted by Crippen LogP contribution is 2.17. The van der Waals surface area contributed by atoms with Crippen LogP contribution in [0, 0.1) is 0 Å². The highest BCUT2D eigenvalue weighted by Gasteiger charge is 2.24. The molecule has 0 atom stereocenters. The molecule has 1 aromatic carbocycles. The summed E-state index contributed by atoms with van der Waals surface area (Å²) in [6, 6.07) is 15.4. The second kappa shape index (κ2) is 6.31. The van der Waals surface area contributed by atoms with E-state index < -0.39 is 0 Å². The van der Waals surface area contributed by atoms with Crippen LogP contribution in [-0.4, -0.2) is 61.8 Å². The summed E-state index contributed by atoms with van der Waals surface area (Å²) in [7, 11) is 0. The van der Waals surface area contributed by atoms with E-state index in [0.29, 0.717) is 18.8 Å². The smallest absolute Gasteiger partial charge is 0.272 e. The summed E-state index contributed by atoms with van der Waals surface area (Å²) in [6.07, 6.45) is 1.59. The summed E-state index contributed by atoms with van der Waals surface area (Å²) in [5, 5.41) is 13.4. The molecule has 0 radical (unpaired) electrons. The van der Waals surface area contributed by atoms with Crippen LogP contribution in [0.5, 0.6) is 0 Å². The number of pyridine rings is 1. The molecule has 0 saturated carbocycles. The lowest BCUT2D eigenvalue weighted by atomic mass is 10.2. The number of amides is 1. The van der Waals surface area contributed by atoms with Gasteiger partial charge in [0.1, 0.15) is 17.8 Å². The lowest BCUT2D eigenvalue weighted by Crippen LogP contribution is -2.49. The van der Waals surface area contributed by atoms with Crippen molar-refractivity contribution in [3.8, 4) is 0 Å². The Morgan fingerprint density at radius 1 is 0.926 bits per heavy atom. The summed E-state index contributed by atoms with van der Waals surface area (Å²) in [5.74, 6) is 0.834. The largest absolute Gasteiger partial charge is 0.352 e. The molecule has 4 aromatic rings. The quantitative estimate of drug-likeness (QED) is 0.541. The van der Waals surface area contributed by atoms with Crippen LogP contribution in [0.4, 0.5) is 5.82 Å². The molecule has 8 nitrogen and oxygen atoms in total. The number of benzene rings is 1. The van der Waals surface area contributed by atoms with Crippen LogP contribution >= 0.6 is 0 Å². The minimum absolute atomic E-state index is 0.0253. The third-order valence-electron chi connectivity index (χ3n) is 4.86. The van der Waals surface area contributed by atoms with Crippen molar-refractivity contribution >= 4 is 28.3 Å². The van der Waals surface area contributed by atoms with Crippen molar-refractivity contribution in [1.29, 1.82) is 0 Å². The summed E-state index contributed by atoms with van der Waals surface area (Å²) >= 11 is 0. The molecule has 0 unspecified atom stereocenters. The van der Waals surface area contributed by atoms with E-state index in [4.69, 9.17) is 0 Å². The van der Waals surface area contributed by atoms with Gasteiger partial charge in [0.2, 0.25) is 0 Å². The highest BCUT2D eigenvalue weighted by atomic mass is 16.2. The second-order valence-corrected chi connectivity index (χ2v) is 6.49. The Balaban J connectivity index is 1.30. The molecule has 3 aromatic heterocycles. The maximum atomic E-state index is 12.8. The first-order valence-corrected chi connectivity index (χ1v) is 8.85. The molecule has 5 rings (SSSR count). The Hall–Kier alpha value is -3.55. The van der Waals surface area contributed by atoms with Gasteiger partial charge in [0.15, 0.2) is 5.65 Å². The van der Waals surface area contributed by atoms with Crippen LogP contribution in [-0.2, 0) is 0 Å². The molecule has 1 saturated heterocycles. The standard InChI is InChI=1S/C19H17N7O/c27-19(16-6-5-14-3-1-2-4-15(14)21-16)25-11-9-24(10-12-25)18-8-7-17-22-20-13-26(17)23-18/h1-8,13H,9-12H2.